The second-order valence-electron chi connectivity index (χ2n) is 4.54. The van der Waals surface area contributed by atoms with Crippen molar-refractivity contribution in [2.24, 2.45) is 7.05 Å². The Kier molecular flexibility index (Phi) is 3.85. The normalized spacial score (nSPS) is 10.1. The van der Waals surface area contributed by atoms with Crippen LogP contribution < -0.4 is 4.90 Å². The molecular weight excluding hydrogens is 252 g/mol. The van der Waals surface area contributed by atoms with Crippen LogP contribution in [-0.4, -0.2) is 22.7 Å². The summed E-state index contributed by atoms with van der Waals surface area (Å²) in [5.41, 5.74) is 2.73. The van der Waals surface area contributed by atoms with E-state index in [1.807, 2.05) is 6.92 Å². The van der Waals surface area contributed by atoms with E-state index in [1.54, 1.807) is 54.1 Å². The lowest BCUT2D eigenvalue weighted by Gasteiger charge is -2.17. The molecule has 2 rings (SSSR count). The summed E-state index contributed by atoms with van der Waals surface area (Å²) in [4.78, 5) is 14.1. The maximum absolute atomic E-state index is 12.5. The van der Waals surface area contributed by atoms with Crippen LogP contribution >= 0.6 is 0 Å². The minimum Gasteiger partial charge on any atom is -0.311 e. The number of aromatic nitrogens is 2. The highest BCUT2D eigenvalue weighted by atomic mass is 16.2. The number of aryl methyl sites for hydroxylation is 2. The number of hydrogen-bond acceptors (Lipinski definition) is 3. The van der Waals surface area contributed by atoms with Crippen LogP contribution in [0.3, 0.4) is 0 Å². The van der Waals surface area contributed by atoms with Crippen molar-refractivity contribution >= 4 is 11.6 Å². The Morgan fingerprint density at radius 1 is 1.40 bits per heavy atom. The molecule has 0 bridgehead atoms. The van der Waals surface area contributed by atoms with Crippen molar-refractivity contribution in [3.8, 4) is 6.07 Å². The van der Waals surface area contributed by atoms with Crippen LogP contribution in [-0.2, 0) is 13.5 Å². The number of rotatable bonds is 3. The number of carbonyl (C=O) groups is 1. The molecule has 2 aromatic rings. The molecule has 0 N–H and O–H groups in total. The van der Waals surface area contributed by atoms with Gasteiger partial charge in [0.15, 0.2) is 0 Å². The summed E-state index contributed by atoms with van der Waals surface area (Å²) in [5.74, 6) is -0.0975. The molecular formula is C15H16N4O. The van der Waals surface area contributed by atoms with Crippen LogP contribution in [0, 0.1) is 11.3 Å². The van der Waals surface area contributed by atoms with Crippen molar-refractivity contribution in [2.75, 3.05) is 11.9 Å². The number of benzene rings is 1. The van der Waals surface area contributed by atoms with E-state index in [0.29, 0.717) is 17.5 Å². The van der Waals surface area contributed by atoms with Gasteiger partial charge in [-0.05, 0) is 30.7 Å². The van der Waals surface area contributed by atoms with Gasteiger partial charge in [-0.25, -0.2) is 0 Å². The monoisotopic (exact) mass is 268 g/mol. The summed E-state index contributed by atoms with van der Waals surface area (Å²) in [6.07, 6.45) is 2.45. The Balaban J connectivity index is 2.29. The van der Waals surface area contributed by atoms with Gasteiger partial charge in [0, 0.05) is 26.0 Å². The molecule has 5 heteroatoms. The molecule has 0 aliphatic carbocycles. The van der Waals surface area contributed by atoms with Gasteiger partial charge in [0.2, 0.25) is 0 Å². The summed E-state index contributed by atoms with van der Waals surface area (Å²) in [5, 5.41) is 13.1. The molecule has 5 nitrogen and oxygen atoms in total. The van der Waals surface area contributed by atoms with Crippen LogP contribution in [0.2, 0.25) is 0 Å². The lowest BCUT2D eigenvalue weighted by Crippen LogP contribution is -2.26. The molecule has 0 atom stereocenters. The second-order valence-corrected chi connectivity index (χ2v) is 4.54. The van der Waals surface area contributed by atoms with E-state index in [1.165, 1.54) is 0 Å². The van der Waals surface area contributed by atoms with E-state index in [4.69, 9.17) is 5.26 Å². The molecule has 0 aliphatic heterocycles. The van der Waals surface area contributed by atoms with Gasteiger partial charge in [-0.15, -0.1) is 0 Å². The number of anilines is 1. The molecule has 0 saturated carbocycles. The van der Waals surface area contributed by atoms with E-state index in [9.17, 15) is 4.79 Å². The van der Waals surface area contributed by atoms with E-state index < -0.39 is 0 Å². The van der Waals surface area contributed by atoms with Gasteiger partial charge in [0.05, 0.1) is 22.9 Å². The first kappa shape index (κ1) is 13.8. The highest BCUT2D eigenvalue weighted by Crippen LogP contribution is 2.18. The molecule has 20 heavy (non-hydrogen) atoms. The first-order valence-corrected chi connectivity index (χ1v) is 6.37. The van der Waals surface area contributed by atoms with Crippen LogP contribution in [0.25, 0.3) is 0 Å². The first-order valence-electron chi connectivity index (χ1n) is 6.37. The summed E-state index contributed by atoms with van der Waals surface area (Å²) in [7, 11) is 3.52. The fourth-order valence-electron chi connectivity index (χ4n) is 2.03. The Bertz CT molecular complexity index is 664. The number of amides is 1. The van der Waals surface area contributed by atoms with Crippen LogP contribution in [0.15, 0.2) is 30.5 Å². The summed E-state index contributed by atoms with van der Waals surface area (Å²) >= 11 is 0. The van der Waals surface area contributed by atoms with Gasteiger partial charge in [0.25, 0.3) is 5.91 Å². The van der Waals surface area contributed by atoms with E-state index in [0.717, 1.165) is 11.4 Å². The smallest absolute Gasteiger partial charge is 0.261 e. The van der Waals surface area contributed by atoms with Gasteiger partial charge < -0.3 is 4.90 Å². The first-order chi connectivity index (χ1) is 9.56. The molecule has 0 unspecified atom stereocenters. The summed E-state index contributed by atoms with van der Waals surface area (Å²) < 4.78 is 1.65. The predicted octanol–water partition coefficient (Wildman–Crippen LogP) is 2.13. The standard InChI is InChI=1S/C15H16N4O/c1-4-14-13(10-18(2)17-14)15(20)19(3)12-7-5-11(9-16)6-8-12/h5-8,10H,4H2,1-3H3. The van der Waals surface area contributed by atoms with Gasteiger partial charge in [0.1, 0.15) is 0 Å². The molecule has 1 aromatic heterocycles. The maximum Gasteiger partial charge on any atom is 0.261 e. The van der Waals surface area contributed by atoms with Crippen LogP contribution in [0.4, 0.5) is 5.69 Å². The topological polar surface area (TPSA) is 61.9 Å². The molecule has 1 aromatic carbocycles. The van der Waals surface area contributed by atoms with Crippen LogP contribution in [0.1, 0.15) is 28.5 Å². The minimum absolute atomic E-state index is 0.0975. The molecule has 0 aliphatic rings. The fourth-order valence-corrected chi connectivity index (χ4v) is 2.03. The van der Waals surface area contributed by atoms with Gasteiger partial charge in [-0.3, -0.25) is 9.48 Å². The van der Waals surface area contributed by atoms with Crippen molar-refractivity contribution in [3.05, 3.63) is 47.3 Å². The Hall–Kier alpha value is -2.61. The predicted molar refractivity (Wildman–Crippen MR) is 76.5 cm³/mol. The summed E-state index contributed by atoms with van der Waals surface area (Å²) in [6.45, 7) is 1.97. The lowest BCUT2D eigenvalue weighted by atomic mass is 10.1. The number of nitrogens with zero attached hydrogens (tertiary/aromatic N) is 4. The molecule has 0 spiro atoms. The number of hydrogen-bond donors (Lipinski definition) is 0. The minimum atomic E-state index is -0.0975. The highest BCUT2D eigenvalue weighted by molar-refractivity contribution is 6.06. The van der Waals surface area contributed by atoms with Crippen molar-refractivity contribution in [3.63, 3.8) is 0 Å². The molecule has 0 fully saturated rings. The Morgan fingerprint density at radius 2 is 2.05 bits per heavy atom. The average molecular weight is 268 g/mol. The fraction of sp³-hybridized carbons (Fsp3) is 0.267. The molecule has 0 radical (unpaired) electrons. The lowest BCUT2D eigenvalue weighted by molar-refractivity contribution is 0.0992. The maximum atomic E-state index is 12.5. The van der Waals surface area contributed by atoms with Crippen molar-refractivity contribution < 1.29 is 4.79 Å². The van der Waals surface area contributed by atoms with E-state index >= 15 is 0 Å². The van der Waals surface area contributed by atoms with Crippen LogP contribution in [0.5, 0.6) is 0 Å². The zero-order valence-corrected chi connectivity index (χ0v) is 11.8. The number of nitriles is 1. The average Bonchev–Trinajstić information content (AvgIpc) is 2.87. The third-order valence-electron chi connectivity index (χ3n) is 3.16. The molecule has 102 valence electrons. The molecule has 1 heterocycles. The van der Waals surface area contributed by atoms with Crippen molar-refractivity contribution in [1.82, 2.24) is 9.78 Å². The Morgan fingerprint density at radius 3 is 2.60 bits per heavy atom. The number of carbonyl (C=O) groups excluding carboxylic acids is 1. The zero-order valence-electron chi connectivity index (χ0n) is 11.8. The zero-order chi connectivity index (χ0) is 14.7. The molecule has 1 amide bonds. The van der Waals surface area contributed by atoms with Crippen molar-refractivity contribution in [1.29, 1.82) is 5.26 Å². The van der Waals surface area contributed by atoms with Gasteiger partial charge >= 0.3 is 0 Å². The Labute approximate surface area is 118 Å². The van der Waals surface area contributed by atoms with Gasteiger partial charge in [-0.1, -0.05) is 6.92 Å². The SMILES string of the molecule is CCc1nn(C)cc1C(=O)N(C)c1ccc(C#N)cc1. The second kappa shape index (κ2) is 5.57. The summed E-state index contributed by atoms with van der Waals surface area (Å²) in [6, 6.07) is 8.98. The molecule has 0 saturated heterocycles. The van der Waals surface area contributed by atoms with Gasteiger partial charge in [-0.2, -0.15) is 10.4 Å². The third-order valence-corrected chi connectivity index (χ3v) is 3.16. The largest absolute Gasteiger partial charge is 0.311 e. The van der Waals surface area contributed by atoms with Crippen molar-refractivity contribution in [2.45, 2.75) is 13.3 Å². The van der Waals surface area contributed by atoms with E-state index in [2.05, 4.69) is 11.2 Å². The van der Waals surface area contributed by atoms with E-state index in [-0.39, 0.29) is 5.91 Å². The third kappa shape index (κ3) is 2.54. The highest BCUT2D eigenvalue weighted by Gasteiger charge is 2.19. The quantitative estimate of drug-likeness (QED) is 0.856.